The number of cyclic esters (lactones) is 1. The topological polar surface area (TPSA) is 85.2 Å². The first-order chi connectivity index (χ1) is 14.0. The van der Waals surface area contributed by atoms with Crippen molar-refractivity contribution in [3.8, 4) is 5.69 Å². The Morgan fingerprint density at radius 1 is 1.17 bits per heavy atom. The summed E-state index contributed by atoms with van der Waals surface area (Å²) in [5, 5.41) is 7.60. The first kappa shape index (κ1) is 18.9. The largest absolute Gasteiger partial charge is 0.447 e. The van der Waals surface area contributed by atoms with Gasteiger partial charge in [-0.2, -0.15) is 10.1 Å². The molecular formula is C21H24N6O2. The lowest BCUT2D eigenvalue weighted by Crippen LogP contribution is -2.37. The predicted molar refractivity (Wildman–Crippen MR) is 110 cm³/mol. The molecule has 0 radical (unpaired) electrons. The highest BCUT2D eigenvalue weighted by atomic mass is 16.6. The number of rotatable bonds is 6. The van der Waals surface area contributed by atoms with Gasteiger partial charge in [-0.25, -0.2) is 14.5 Å². The molecule has 8 heteroatoms. The molecule has 1 N–H and O–H groups in total. The van der Waals surface area contributed by atoms with E-state index in [-0.39, 0.29) is 24.1 Å². The molecule has 150 valence electrons. The number of ether oxygens (including phenoxy) is 1. The molecule has 2 aromatic heterocycles. The van der Waals surface area contributed by atoms with Crippen LogP contribution in [0.3, 0.4) is 0 Å². The van der Waals surface area contributed by atoms with Crippen molar-refractivity contribution < 1.29 is 9.53 Å². The Morgan fingerprint density at radius 3 is 2.79 bits per heavy atom. The molecule has 0 saturated carbocycles. The average molecular weight is 392 g/mol. The highest BCUT2D eigenvalue weighted by Gasteiger charge is 2.37. The molecule has 1 amide bonds. The smallest absolute Gasteiger partial charge is 0.415 e. The van der Waals surface area contributed by atoms with Crippen molar-refractivity contribution >= 4 is 17.9 Å². The molecule has 1 fully saturated rings. The summed E-state index contributed by atoms with van der Waals surface area (Å²) in [6.07, 6.45) is 4.94. The molecule has 0 spiro atoms. The van der Waals surface area contributed by atoms with Gasteiger partial charge in [0.2, 0.25) is 5.95 Å². The number of carbonyl (C=O) groups is 1. The van der Waals surface area contributed by atoms with Gasteiger partial charge in [0.25, 0.3) is 0 Å². The second kappa shape index (κ2) is 7.90. The Kier molecular flexibility index (Phi) is 5.16. The third-order valence-corrected chi connectivity index (χ3v) is 5.05. The molecule has 1 saturated heterocycles. The van der Waals surface area contributed by atoms with Gasteiger partial charge < -0.3 is 10.1 Å². The van der Waals surface area contributed by atoms with E-state index in [1.54, 1.807) is 23.4 Å². The van der Waals surface area contributed by atoms with Gasteiger partial charge >= 0.3 is 6.09 Å². The minimum absolute atomic E-state index is 0.0339. The Hall–Kier alpha value is -3.42. The van der Waals surface area contributed by atoms with E-state index in [1.807, 2.05) is 42.1 Å². The second-order valence-corrected chi connectivity index (χ2v) is 7.41. The molecule has 29 heavy (non-hydrogen) atoms. The number of anilines is 2. The first-order valence-corrected chi connectivity index (χ1v) is 9.68. The molecule has 8 nitrogen and oxygen atoms in total. The number of carbonyl (C=O) groups excluding carboxylic acids is 1. The van der Waals surface area contributed by atoms with Crippen LogP contribution < -0.4 is 10.2 Å². The fourth-order valence-corrected chi connectivity index (χ4v) is 3.38. The average Bonchev–Trinajstić information content (AvgIpc) is 3.38. The second-order valence-electron chi connectivity index (χ2n) is 7.41. The molecule has 0 bridgehead atoms. The van der Waals surface area contributed by atoms with E-state index in [1.165, 1.54) is 0 Å². The summed E-state index contributed by atoms with van der Waals surface area (Å²) < 4.78 is 7.05. The molecule has 1 aliphatic rings. The van der Waals surface area contributed by atoms with Gasteiger partial charge in [-0.05, 0) is 42.7 Å². The molecule has 3 aromatic rings. The highest BCUT2D eigenvalue weighted by molar-refractivity contribution is 5.89. The van der Waals surface area contributed by atoms with Crippen LogP contribution in [0.25, 0.3) is 5.69 Å². The Labute approximate surface area is 169 Å². The summed E-state index contributed by atoms with van der Waals surface area (Å²) in [6.45, 7) is 6.54. The maximum Gasteiger partial charge on any atom is 0.415 e. The number of amides is 1. The van der Waals surface area contributed by atoms with Crippen LogP contribution in [0.15, 0.2) is 55.0 Å². The Balaban J connectivity index is 1.54. The normalized spacial score (nSPS) is 17.4. The lowest BCUT2D eigenvalue weighted by atomic mass is 10.0. The molecule has 1 aromatic carbocycles. The molecule has 0 aliphatic carbocycles. The van der Waals surface area contributed by atoms with Crippen molar-refractivity contribution in [1.82, 2.24) is 19.7 Å². The zero-order valence-electron chi connectivity index (χ0n) is 16.7. The lowest BCUT2D eigenvalue weighted by molar-refractivity contribution is 0.177. The number of nitrogens with one attached hydrogen (secondary N) is 1. The van der Waals surface area contributed by atoms with Crippen molar-refractivity contribution in [2.24, 2.45) is 5.92 Å². The van der Waals surface area contributed by atoms with Crippen molar-refractivity contribution in [3.05, 3.63) is 60.6 Å². The summed E-state index contributed by atoms with van der Waals surface area (Å²) in [5.74, 6) is 1.26. The zero-order chi connectivity index (χ0) is 20.4. The zero-order valence-corrected chi connectivity index (χ0v) is 16.7. The van der Waals surface area contributed by atoms with Gasteiger partial charge in [-0.3, -0.25) is 4.90 Å². The van der Waals surface area contributed by atoms with Gasteiger partial charge in [-0.1, -0.05) is 26.0 Å². The standard InChI is InChI=1S/C21H24N6O2/c1-14(2)18-13-29-21(28)27(18)19-8-10-22-20(25-19)24-15(3)16-6-4-7-17(12-16)26-11-5-9-23-26/h4-12,14-15,18H,13H2,1-3H3,(H,22,24,25)/t15-,18+/m0/s1. The highest BCUT2D eigenvalue weighted by Crippen LogP contribution is 2.27. The van der Waals surface area contributed by atoms with Crippen LogP contribution in [-0.4, -0.2) is 38.5 Å². The minimum atomic E-state index is -0.367. The fourth-order valence-electron chi connectivity index (χ4n) is 3.38. The van der Waals surface area contributed by atoms with Crippen LogP contribution in [0.5, 0.6) is 0 Å². The maximum atomic E-state index is 12.2. The third kappa shape index (κ3) is 3.91. The molecule has 0 unspecified atom stereocenters. The van der Waals surface area contributed by atoms with Crippen LogP contribution >= 0.6 is 0 Å². The van der Waals surface area contributed by atoms with E-state index in [2.05, 4.69) is 40.3 Å². The summed E-state index contributed by atoms with van der Waals surface area (Å²) in [5.41, 5.74) is 2.06. The molecule has 2 atom stereocenters. The fraction of sp³-hybridized carbons (Fsp3) is 0.333. The van der Waals surface area contributed by atoms with Gasteiger partial charge in [0.1, 0.15) is 12.4 Å². The van der Waals surface area contributed by atoms with E-state index in [4.69, 9.17) is 4.74 Å². The number of aromatic nitrogens is 4. The van der Waals surface area contributed by atoms with Crippen LogP contribution in [0.2, 0.25) is 0 Å². The van der Waals surface area contributed by atoms with E-state index in [0.29, 0.717) is 18.4 Å². The van der Waals surface area contributed by atoms with Crippen molar-refractivity contribution in [2.75, 3.05) is 16.8 Å². The van der Waals surface area contributed by atoms with E-state index < -0.39 is 0 Å². The van der Waals surface area contributed by atoms with Gasteiger partial charge in [0.15, 0.2) is 0 Å². The minimum Gasteiger partial charge on any atom is -0.447 e. The number of benzene rings is 1. The number of hydrogen-bond donors (Lipinski definition) is 1. The van der Waals surface area contributed by atoms with Gasteiger partial charge in [0, 0.05) is 18.6 Å². The molecule has 4 rings (SSSR count). The quantitative estimate of drug-likeness (QED) is 0.686. The summed E-state index contributed by atoms with van der Waals surface area (Å²) in [7, 11) is 0. The predicted octanol–water partition coefficient (Wildman–Crippen LogP) is 3.82. The SMILES string of the molecule is CC(C)[C@H]1COC(=O)N1c1ccnc(N[C@@H](C)c2cccc(-n3cccn3)c2)n1. The van der Waals surface area contributed by atoms with Gasteiger partial charge in [0.05, 0.1) is 17.8 Å². The van der Waals surface area contributed by atoms with Crippen LogP contribution in [0.1, 0.15) is 32.4 Å². The molecular weight excluding hydrogens is 368 g/mol. The van der Waals surface area contributed by atoms with Crippen molar-refractivity contribution in [3.63, 3.8) is 0 Å². The number of hydrogen-bond acceptors (Lipinski definition) is 6. The number of nitrogens with zero attached hydrogens (tertiary/aromatic N) is 5. The van der Waals surface area contributed by atoms with Gasteiger partial charge in [-0.15, -0.1) is 0 Å². The Morgan fingerprint density at radius 2 is 2.03 bits per heavy atom. The monoisotopic (exact) mass is 392 g/mol. The van der Waals surface area contributed by atoms with Crippen LogP contribution in [0, 0.1) is 5.92 Å². The van der Waals surface area contributed by atoms with Crippen LogP contribution in [0.4, 0.5) is 16.6 Å². The Bertz CT molecular complexity index is 988. The van der Waals surface area contributed by atoms with E-state index in [9.17, 15) is 4.79 Å². The molecule has 3 heterocycles. The van der Waals surface area contributed by atoms with Crippen LogP contribution in [-0.2, 0) is 4.74 Å². The van der Waals surface area contributed by atoms with Crippen molar-refractivity contribution in [1.29, 1.82) is 0 Å². The first-order valence-electron chi connectivity index (χ1n) is 9.68. The van der Waals surface area contributed by atoms with Crippen molar-refractivity contribution in [2.45, 2.75) is 32.9 Å². The summed E-state index contributed by atoms with van der Waals surface area (Å²) in [4.78, 5) is 22.7. The third-order valence-electron chi connectivity index (χ3n) is 5.05. The summed E-state index contributed by atoms with van der Waals surface area (Å²) in [6, 6.07) is 11.7. The van der Waals surface area contributed by atoms with E-state index in [0.717, 1.165) is 11.3 Å². The molecule has 1 aliphatic heterocycles. The lowest BCUT2D eigenvalue weighted by Gasteiger charge is -2.23. The maximum absolute atomic E-state index is 12.2. The summed E-state index contributed by atoms with van der Waals surface area (Å²) >= 11 is 0. The van der Waals surface area contributed by atoms with E-state index >= 15 is 0 Å².